The van der Waals surface area contributed by atoms with Crippen LogP contribution in [0.4, 0.5) is 8.78 Å². The second-order valence-electron chi connectivity index (χ2n) is 6.84. The maximum atomic E-state index is 13.7. The third-order valence-corrected chi connectivity index (χ3v) is 5.59. The average molecular weight is 472 g/mol. The number of benzene rings is 3. The van der Waals surface area contributed by atoms with Crippen molar-refractivity contribution in [3.05, 3.63) is 77.4 Å². The van der Waals surface area contributed by atoms with Gasteiger partial charge in [-0.3, -0.25) is 0 Å². The third-order valence-electron chi connectivity index (χ3n) is 4.58. The topological polar surface area (TPSA) is 60.7 Å². The van der Waals surface area contributed by atoms with Gasteiger partial charge in [-0.05, 0) is 35.9 Å². The van der Waals surface area contributed by atoms with Gasteiger partial charge in [0.2, 0.25) is 0 Å². The number of halogens is 2. The van der Waals surface area contributed by atoms with E-state index in [1.165, 1.54) is 32.0 Å². The summed E-state index contributed by atoms with van der Waals surface area (Å²) in [6, 6.07) is 19.7. The molecule has 5 nitrogen and oxygen atoms in total. The Kier molecular flexibility index (Phi) is 8.93. The van der Waals surface area contributed by atoms with E-state index in [2.05, 4.69) is 0 Å². The Balaban J connectivity index is 1.88. The number of nitriles is 1. The second-order valence-corrected chi connectivity index (χ2v) is 7.95. The van der Waals surface area contributed by atoms with Gasteiger partial charge in [0.1, 0.15) is 19.0 Å². The van der Waals surface area contributed by atoms with Crippen LogP contribution in [0.15, 0.2) is 70.5 Å². The molecule has 3 aromatic carbocycles. The van der Waals surface area contributed by atoms with Crippen LogP contribution in [0.25, 0.3) is 0 Å². The summed E-state index contributed by atoms with van der Waals surface area (Å²) < 4.78 is 49.3. The molecule has 0 fully saturated rings. The molecule has 0 amide bonds. The van der Waals surface area contributed by atoms with E-state index in [4.69, 9.17) is 18.9 Å². The van der Waals surface area contributed by atoms with Crippen LogP contribution in [0.5, 0.6) is 17.2 Å². The molecule has 0 aliphatic heterocycles. The van der Waals surface area contributed by atoms with E-state index in [1.807, 2.05) is 36.4 Å². The van der Waals surface area contributed by atoms with Gasteiger partial charge < -0.3 is 18.9 Å². The minimum Gasteiger partial charge on any atom is -0.493 e. The van der Waals surface area contributed by atoms with E-state index in [0.29, 0.717) is 27.9 Å². The van der Waals surface area contributed by atoms with E-state index in [9.17, 15) is 14.0 Å². The lowest BCUT2D eigenvalue weighted by Crippen LogP contribution is -2.07. The highest BCUT2D eigenvalue weighted by Crippen LogP contribution is 2.43. The minimum atomic E-state index is -2.79. The average Bonchev–Trinajstić information content (AvgIpc) is 2.84. The van der Waals surface area contributed by atoms with Gasteiger partial charge in [0.05, 0.1) is 35.8 Å². The SMILES string of the molecule is COCCOc1c(Sc2ccc(OCc3ccccc3)c(OC)c2)cc(C#N)cc1C(F)F. The Bertz CT molecular complexity index is 1100. The quantitative estimate of drug-likeness (QED) is 0.308. The van der Waals surface area contributed by atoms with Crippen LogP contribution in [0, 0.1) is 11.3 Å². The van der Waals surface area contributed by atoms with Crippen LogP contribution in [-0.4, -0.2) is 27.4 Å². The van der Waals surface area contributed by atoms with Gasteiger partial charge in [-0.2, -0.15) is 5.26 Å². The number of hydrogen-bond donors (Lipinski definition) is 0. The van der Waals surface area contributed by atoms with Gasteiger partial charge in [0.15, 0.2) is 11.5 Å². The second kappa shape index (κ2) is 12.1. The number of methoxy groups -OCH3 is 2. The maximum absolute atomic E-state index is 13.7. The normalized spacial score (nSPS) is 10.7. The predicted octanol–water partition coefficient (Wildman–Crippen LogP) is 6.26. The van der Waals surface area contributed by atoms with E-state index in [1.54, 1.807) is 18.2 Å². The molecule has 3 aromatic rings. The van der Waals surface area contributed by atoms with Crippen LogP contribution in [0.3, 0.4) is 0 Å². The molecule has 172 valence electrons. The summed E-state index contributed by atoms with van der Waals surface area (Å²) in [7, 11) is 3.03. The Morgan fingerprint density at radius 2 is 1.73 bits per heavy atom. The zero-order chi connectivity index (χ0) is 23.6. The van der Waals surface area contributed by atoms with Gasteiger partial charge in [0.25, 0.3) is 6.43 Å². The zero-order valence-electron chi connectivity index (χ0n) is 18.2. The maximum Gasteiger partial charge on any atom is 0.267 e. The molecule has 0 saturated carbocycles. The van der Waals surface area contributed by atoms with E-state index in [0.717, 1.165) is 11.6 Å². The first kappa shape index (κ1) is 24.4. The molecule has 0 saturated heterocycles. The van der Waals surface area contributed by atoms with Crippen LogP contribution >= 0.6 is 11.8 Å². The number of alkyl halides is 2. The highest BCUT2D eigenvalue weighted by Gasteiger charge is 2.21. The molecule has 0 bridgehead atoms. The van der Waals surface area contributed by atoms with E-state index >= 15 is 0 Å². The van der Waals surface area contributed by atoms with Crippen molar-refractivity contribution in [2.24, 2.45) is 0 Å². The van der Waals surface area contributed by atoms with Crippen molar-refractivity contribution in [1.82, 2.24) is 0 Å². The predicted molar refractivity (Wildman–Crippen MR) is 121 cm³/mol. The Morgan fingerprint density at radius 1 is 0.939 bits per heavy atom. The third kappa shape index (κ3) is 6.60. The largest absolute Gasteiger partial charge is 0.493 e. The molecule has 0 unspecified atom stereocenters. The summed E-state index contributed by atoms with van der Waals surface area (Å²) in [5, 5.41) is 9.31. The smallest absolute Gasteiger partial charge is 0.267 e. The van der Waals surface area contributed by atoms with Gasteiger partial charge in [0, 0.05) is 12.0 Å². The fourth-order valence-corrected chi connectivity index (χ4v) is 4.01. The Labute approximate surface area is 195 Å². The highest BCUT2D eigenvalue weighted by atomic mass is 32.2. The number of rotatable bonds is 11. The first-order chi connectivity index (χ1) is 16.0. The molecular formula is C25H23F2NO4S. The Hall–Kier alpha value is -3.28. The number of hydrogen-bond acceptors (Lipinski definition) is 6. The first-order valence-corrected chi connectivity index (χ1v) is 10.9. The van der Waals surface area contributed by atoms with Crippen molar-refractivity contribution in [3.63, 3.8) is 0 Å². The number of nitrogens with zero attached hydrogens (tertiary/aromatic N) is 1. The van der Waals surface area contributed by atoms with Crippen molar-refractivity contribution < 1.29 is 27.7 Å². The van der Waals surface area contributed by atoms with E-state index < -0.39 is 6.43 Å². The summed E-state index contributed by atoms with van der Waals surface area (Å²) in [5.74, 6) is 1.10. The van der Waals surface area contributed by atoms with Crippen molar-refractivity contribution >= 4 is 11.8 Å². The molecule has 0 radical (unpaired) electrons. The van der Waals surface area contributed by atoms with Crippen molar-refractivity contribution in [1.29, 1.82) is 5.26 Å². The van der Waals surface area contributed by atoms with Crippen molar-refractivity contribution in [2.75, 3.05) is 27.4 Å². The van der Waals surface area contributed by atoms with E-state index in [-0.39, 0.29) is 30.1 Å². The molecule has 0 atom stereocenters. The Morgan fingerprint density at radius 3 is 2.39 bits per heavy atom. The number of ether oxygens (including phenoxy) is 4. The molecular weight excluding hydrogens is 448 g/mol. The fraction of sp³-hybridized carbons (Fsp3) is 0.240. The molecule has 0 aliphatic rings. The van der Waals surface area contributed by atoms with Crippen LogP contribution in [0.1, 0.15) is 23.1 Å². The van der Waals surface area contributed by atoms with Gasteiger partial charge in [-0.1, -0.05) is 42.1 Å². The lowest BCUT2D eigenvalue weighted by molar-refractivity contribution is 0.127. The summed E-state index contributed by atoms with van der Waals surface area (Å²) in [6.07, 6.45) is -2.79. The standard InChI is InChI=1S/C25H23F2NO4S/c1-29-10-11-31-24-20(25(26)27)12-18(15-28)13-23(24)33-19-8-9-21(22(14-19)30-2)32-16-17-6-4-3-5-7-17/h3-9,12-14,25H,10-11,16H2,1-2H3. The molecule has 3 rings (SSSR count). The lowest BCUT2D eigenvalue weighted by Gasteiger charge is -2.17. The summed E-state index contributed by atoms with van der Waals surface area (Å²) in [5.41, 5.74) is 0.813. The summed E-state index contributed by atoms with van der Waals surface area (Å²) in [4.78, 5) is 1.12. The van der Waals surface area contributed by atoms with Crippen LogP contribution in [-0.2, 0) is 11.3 Å². The van der Waals surface area contributed by atoms with Gasteiger partial charge in [-0.15, -0.1) is 0 Å². The molecule has 8 heteroatoms. The van der Waals surface area contributed by atoms with Crippen molar-refractivity contribution in [2.45, 2.75) is 22.8 Å². The summed E-state index contributed by atoms with van der Waals surface area (Å²) in [6.45, 7) is 0.725. The minimum absolute atomic E-state index is 0.0365. The molecule has 0 N–H and O–H groups in total. The zero-order valence-corrected chi connectivity index (χ0v) is 19.0. The van der Waals surface area contributed by atoms with Gasteiger partial charge in [-0.25, -0.2) is 8.78 Å². The van der Waals surface area contributed by atoms with Crippen molar-refractivity contribution in [3.8, 4) is 23.3 Å². The fourth-order valence-electron chi connectivity index (χ4n) is 3.00. The monoisotopic (exact) mass is 471 g/mol. The summed E-state index contributed by atoms with van der Waals surface area (Å²) >= 11 is 1.20. The highest BCUT2D eigenvalue weighted by molar-refractivity contribution is 7.99. The van der Waals surface area contributed by atoms with Gasteiger partial charge >= 0.3 is 0 Å². The molecule has 0 aliphatic carbocycles. The molecule has 0 spiro atoms. The van der Waals surface area contributed by atoms with Crippen LogP contribution in [0.2, 0.25) is 0 Å². The van der Waals surface area contributed by atoms with Crippen LogP contribution < -0.4 is 14.2 Å². The molecule has 33 heavy (non-hydrogen) atoms. The lowest BCUT2D eigenvalue weighted by atomic mass is 10.1. The molecule has 0 aromatic heterocycles. The first-order valence-electron chi connectivity index (χ1n) is 10.1. The molecule has 0 heterocycles.